The number of nitrogens with zero attached hydrogens (tertiary/aromatic N) is 3. The van der Waals surface area contributed by atoms with Crippen LogP contribution in [0.1, 0.15) is 26.4 Å². The average Bonchev–Trinajstić information content (AvgIpc) is 3.40. The number of carbonyl (C=O) groups is 3. The average molecular weight is 416 g/mol. The van der Waals surface area contributed by atoms with E-state index in [2.05, 4.69) is 10.3 Å². The van der Waals surface area contributed by atoms with Crippen LogP contribution in [0, 0.1) is 0 Å². The molecule has 0 atom stereocenters. The Labute approximate surface area is 175 Å². The molecule has 2 aromatic heterocycles. The van der Waals surface area contributed by atoms with Crippen LogP contribution in [0.3, 0.4) is 0 Å². The van der Waals surface area contributed by atoms with E-state index in [4.69, 9.17) is 0 Å². The lowest BCUT2D eigenvalue weighted by Gasteiger charge is -2.06. The fourth-order valence-electron chi connectivity index (χ4n) is 3.51. The number of rotatable bonds is 4. The van der Waals surface area contributed by atoms with Crippen LogP contribution >= 0.6 is 11.3 Å². The highest BCUT2D eigenvalue weighted by molar-refractivity contribution is 7.15. The van der Waals surface area contributed by atoms with E-state index in [-0.39, 0.29) is 24.1 Å². The number of imide groups is 1. The Morgan fingerprint density at radius 2 is 1.83 bits per heavy atom. The first-order valence-electron chi connectivity index (χ1n) is 9.28. The molecule has 1 aliphatic rings. The lowest BCUT2D eigenvalue weighted by atomic mass is 10.1. The fourth-order valence-corrected chi connectivity index (χ4v) is 4.39. The van der Waals surface area contributed by atoms with Crippen LogP contribution in [0.4, 0.5) is 5.69 Å². The third kappa shape index (κ3) is 2.98. The van der Waals surface area contributed by atoms with Gasteiger partial charge >= 0.3 is 0 Å². The Morgan fingerprint density at radius 3 is 2.63 bits per heavy atom. The van der Waals surface area contributed by atoms with Gasteiger partial charge in [0, 0.05) is 35.6 Å². The zero-order valence-electron chi connectivity index (χ0n) is 16.0. The molecule has 7 nitrogen and oxygen atoms in total. The molecular formula is C22H16N4O3S. The highest BCUT2D eigenvalue weighted by atomic mass is 32.1. The van der Waals surface area contributed by atoms with Crippen molar-refractivity contribution in [3.63, 3.8) is 0 Å². The number of thiazole rings is 1. The number of fused-ring (bicyclic) bond motifs is 2. The second-order valence-corrected chi connectivity index (χ2v) is 7.86. The summed E-state index contributed by atoms with van der Waals surface area (Å²) in [6, 6.07) is 14.6. The first-order valence-corrected chi connectivity index (χ1v) is 10.2. The van der Waals surface area contributed by atoms with Gasteiger partial charge in [0.15, 0.2) is 4.96 Å². The van der Waals surface area contributed by atoms with Crippen LogP contribution in [0.5, 0.6) is 0 Å². The molecule has 1 N–H and O–H groups in total. The minimum absolute atomic E-state index is 0.161. The summed E-state index contributed by atoms with van der Waals surface area (Å²) < 4.78 is 1.92. The van der Waals surface area contributed by atoms with E-state index >= 15 is 0 Å². The highest BCUT2D eigenvalue weighted by Gasteiger charge is 2.32. The van der Waals surface area contributed by atoms with Gasteiger partial charge in [-0.3, -0.25) is 23.7 Å². The van der Waals surface area contributed by atoms with Gasteiger partial charge in [-0.25, -0.2) is 4.98 Å². The van der Waals surface area contributed by atoms with Crippen LogP contribution in [0.15, 0.2) is 60.1 Å². The molecule has 0 bridgehead atoms. The second-order valence-electron chi connectivity index (χ2n) is 7.03. The van der Waals surface area contributed by atoms with E-state index in [1.807, 2.05) is 46.3 Å². The summed E-state index contributed by atoms with van der Waals surface area (Å²) in [6.45, 7) is 0. The molecule has 0 radical (unpaired) electrons. The number of benzene rings is 2. The molecule has 0 aliphatic carbocycles. The Morgan fingerprint density at radius 1 is 1.07 bits per heavy atom. The summed E-state index contributed by atoms with van der Waals surface area (Å²) in [6.07, 6.45) is 2.09. The molecule has 5 rings (SSSR count). The number of nitrogens with one attached hydrogen (secondary N) is 1. The topological polar surface area (TPSA) is 83.8 Å². The van der Waals surface area contributed by atoms with E-state index in [1.54, 1.807) is 18.2 Å². The smallest absolute Gasteiger partial charge is 0.261 e. The molecule has 4 aromatic rings. The Balaban J connectivity index is 1.35. The lowest BCUT2D eigenvalue weighted by Crippen LogP contribution is -2.24. The quantitative estimate of drug-likeness (QED) is 0.517. The number of hydrogen-bond acceptors (Lipinski definition) is 5. The van der Waals surface area contributed by atoms with Gasteiger partial charge in [-0.15, -0.1) is 11.3 Å². The van der Waals surface area contributed by atoms with Crippen molar-refractivity contribution in [3.05, 3.63) is 76.9 Å². The first kappa shape index (κ1) is 18.3. The molecule has 0 spiro atoms. The van der Waals surface area contributed by atoms with Crippen molar-refractivity contribution < 1.29 is 14.4 Å². The molecule has 8 heteroatoms. The van der Waals surface area contributed by atoms with Crippen molar-refractivity contribution in [3.8, 4) is 11.3 Å². The van der Waals surface area contributed by atoms with Crippen LogP contribution in [-0.2, 0) is 11.2 Å². The minimum atomic E-state index is -0.363. The number of amides is 3. The maximum atomic E-state index is 12.6. The Hall–Kier alpha value is -3.78. The maximum Gasteiger partial charge on any atom is 0.261 e. The third-order valence-corrected chi connectivity index (χ3v) is 5.96. The third-order valence-electron chi connectivity index (χ3n) is 5.07. The summed E-state index contributed by atoms with van der Waals surface area (Å²) in [5, 5.41) is 4.73. The molecule has 3 amide bonds. The zero-order valence-corrected chi connectivity index (χ0v) is 16.8. The van der Waals surface area contributed by atoms with Gasteiger partial charge in [-0.2, -0.15) is 0 Å². The molecule has 3 heterocycles. The standard InChI is InChI=1S/C22H16N4O3S/c1-25-20(28)16-8-7-14(9-17(16)21(25)29)23-19(27)10-15-12-30-22-24-18(11-26(15)22)13-5-3-2-4-6-13/h2-9,11-12H,10H2,1H3,(H,23,27). The molecule has 148 valence electrons. The summed E-state index contributed by atoms with van der Waals surface area (Å²) in [5.41, 5.74) is 3.85. The molecule has 2 aromatic carbocycles. The van der Waals surface area contributed by atoms with E-state index in [9.17, 15) is 14.4 Å². The molecule has 0 unspecified atom stereocenters. The normalized spacial score (nSPS) is 13.2. The summed E-state index contributed by atoms with van der Waals surface area (Å²) in [4.78, 5) is 43.3. The van der Waals surface area contributed by atoms with Gasteiger partial charge in [0.2, 0.25) is 5.91 Å². The minimum Gasteiger partial charge on any atom is -0.326 e. The molecule has 30 heavy (non-hydrogen) atoms. The van der Waals surface area contributed by atoms with E-state index < -0.39 is 0 Å². The highest BCUT2D eigenvalue weighted by Crippen LogP contribution is 2.26. The fraction of sp³-hybridized carbons (Fsp3) is 0.0909. The van der Waals surface area contributed by atoms with Gasteiger partial charge < -0.3 is 5.32 Å². The number of imidazole rings is 1. The maximum absolute atomic E-state index is 12.6. The van der Waals surface area contributed by atoms with Crippen LogP contribution in [-0.4, -0.2) is 39.1 Å². The van der Waals surface area contributed by atoms with Crippen LogP contribution in [0.2, 0.25) is 0 Å². The monoisotopic (exact) mass is 416 g/mol. The van der Waals surface area contributed by atoms with Gasteiger partial charge in [-0.1, -0.05) is 30.3 Å². The van der Waals surface area contributed by atoms with Gasteiger partial charge in [0.1, 0.15) is 0 Å². The second kappa shape index (κ2) is 6.93. The van der Waals surface area contributed by atoms with E-state index in [0.29, 0.717) is 16.8 Å². The van der Waals surface area contributed by atoms with Crippen molar-refractivity contribution in [1.82, 2.24) is 14.3 Å². The van der Waals surface area contributed by atoms with Crippen LogP contribution in [0.25, 0.3) is 16.2 Å². The molecule has 1 aliphatic heterocycles. The van der Waals surface area contributed by atoms with Crippen molar-refractivity contribution in [2.75, 3.05) is 12.4 Å². The van der Waals surface area contributed by atoms with Gasteiger partial charge in [0.25, 0.3) is 11.8 Å². The Bertz CT molecular complexity index is 1320. The number of hydrogen-bond donors (Lipinski definition) is 1. The lowest BCUT2D eigenvalue weighted by molar-refractivity contribution is -0.115. The van der Waals surface area contributed by atoms with Crippen molar-refractivity contribution in [2.24, 2.45) is 0 Å². The predicted molar refractivity (Wildman–Crippen MR) is 114 cm³/mol. The van der Waals surface area contributed by atoms with Crippen molar-refractivity contribution in [2.45, 2.75) is 6.42 Å². The zero-order chi connectivity index (χ0) is 20.8. The summed E-state index contributed by atoms with van der Waals surface area (Å²) >= 11 is 1.48. The number of anilines is 1. The number of aromatic nitrogens is 2. The Kier molecular flexibility index (Phi) is 4.22. The van der Waals surface area contributed by atoms with Crippen molar-refractivity contribution >= 4 is 39.7 Å². The molecule has 0 saturated carbocycles. The van der Waals surface area contributed by atoms with E-state index in [0.717, 1.165) is 26.8 Å². The van der Waals surface area contributed by atoms with Crippen molar-refractivity contribution in [1.29, 1.82) is 0 Å². The van der Waals surface area contributed by atoms with E-state index in [1.165, 1.54) is 18.4 Å². The van der Waals surface area contributed by atoms with Crippen LogP contribution < -0.4 is 5.32 Å². The van der Waals surface area contributed by atoms with Gasteiger partial charge in [-0.05, 0) is 18.2 Å². The molecular weight excluding hydrogens is 400 g/mol. The molecule has 0 saturated heterocycles. The molecule has 0 fully saturated rings. The first-order chi connectivity index (χ1) is 14.5. The predicted octanol–water partition coefficient (Wildman–Crippen LogP) is 3.47. The number of carbonyl (C=O) groups excluding carboxylic acids is 3. The summed E-state index contributed by atoms with van der Waals surface area (Å²) in [5.74, 6) is -0.907. The SMILES string of the molecule is CN1C(=O)c2ccc(NC(=O)Cc3csc4nc(-c5ccccc5)cn34)cc2C1=O. The summed E-state index contributed by atoms with van der Waals surface area (Å²) in [7, 11) is 1.44. The van der Waals surface area contributed by atoms with Gasteiger partial charge in [0.05, 0.1) is 23.2 Å². The largest absolute Gasteiger partial charge is 0.326 e.